The first-order chi connectivity index (χ1) is 15.6. The lowest BCUT2D eigenvalue weighted by atomic mass is 10.0. The predicted molar refractivity (Wildman–Crippen MR) is 122 cm³/mol. The van der Waals surface area contributed by atoms with Crippen LogP contribution < -0.4 is 10.1 Å². The smallest absolute Gasteiger partial charge is 0.229 e. The third kappa shape index (κ3) is 4.66. The Labute approximate surface area is 186 Å². The van der Waals surface area contributed by atoms with Crippen molar-refractivity contribution in [1.82, 2.24) is 15.2 Å². The summed E-state index contributed by atoms with van der Waals surface area (Å²) >= 11 is 0. The number of rotatable bonds is 9. The molecule has 2 heterocycles. The van der Waals surface area contributed by atoms with Crippen molar-refractivity contribution in [2.45, 2.75) is 32.1 Å². The van der Waals surface area contributed by atoms with Gasteiger partial charge in [-0.2, -0.15) is 0 Å². The van der Waals surface area contributed by atoms with Crippen LogP contribution in [-0.4, -0.2) is 47.8 Å². The van der Waals surface area contributed by atoms with Gasteiger partial charge in [-0.3, -0.25) is 19.3 Å². The number of aryl methyl sites for hydroxylation is 1. The molecule has 0 unspecified atom stereocenters. The van der Waals surface area contributed by atoms with Crippen LogP contribution in [0.3, 0.4) is 0 Å². The zero-order valence-corrected chi connectivity index (χ0v) is 18.1. The van der Waals surface area contributed by atoms with Crippen molar-refractivity contribution in [3.63, 3.8) is 0 Å². The molecule has 166 valence electrons. The molecule has 1 aliphatic heterocycles. The van der Waals surface area contributed by atoms with E-state index in [0.717, 1.165) is 33.5 Å². The Morgan fingerprint density at radius 3 is 2.50 bits per heavy atom. The number of ether oxygens (including phenoxy) is 1. The van der Waals surface area contributed by atoms with E-state index in [9.17, 15) is 14.4 Å². The van der Waals surface area contributed by atoms with Crippen LogP contribution in [0, 0.1) is 0 Å². The number of amides is 3. The minimum Gasteiger partial charge on any atom is -0.497 e. The molecule has 1 aromatic heterocycles. The normalized spacial score (nSPS) is 13.7. The number of fused-ring (bicyclic) bond motifs is 1. The molecule has 0 bridgehead atoms. The molecule has 0 saturated carbocycles. The molecule has 0 radical (unpaired) electrons. The maximum Gasteiger partial charge on any atom is 0.229 e. The number of aromatic nitrogens is 1. The van der Waals surface area contributed by atoms with Crippen LogP contribution in [0.2, 0.25) is 0 Å². The van der Waals surface area contributed by atoms with Crippen molar-refractivity contribution >= 4 is 28.6 Å². The molecule has 32 heavy (non-hydrogen) atoms. The molecular formula is C25H27N3O4. The van der Waals surface area contributed by atoms with Crippen LogP contribution in [-0.2, 0) is 20.8 Å². The number of nitrogens with one attached hydrogen (secondary N) is 2. The van der Waals surface area contributed by atoms with E-state index in [4.69, 9.17) is 4.74 Å². The minimum atomic E-state index is -0.119. The fourth-order valence-corrected chi connectivity index (χ4v) is 4.13. The van der Waals surface area contributed by atoms with E-state index in [0.29, 0.717) is 45.2 Å². The van der Waals surface area contributed by atoms with Gasteiger partial charge in [-0.15, -0.1) is 0 Å². The summed E-state index contributed by atoms with van der Waals surface area (Å²) < 4.78 is 5.26. The maximum absolute atomic E-state index is 12.4. The van der Waals surface area contributed by atoms with Gasteiger partial charge in [-0.05, 0) is 54.3 Å². The molecule has 4 rings (SSSR count). The predicted octanol–water partition coefficient (Wildman–Crippen LogP) is 3.43. The van der Waals surface area contributed by atoms with E-state index in [1.54, 1.807) is 7.11 Å². The van der Waals surface area contributed by atoms with E-state index in [1.807, 2.05) is 42.5 Å². The fraction of sp³-hybridized carbons (Fsp3) is 0.320. The van der Waals surface area contributed by atoms with E-state index >= 15 is 0 Å². The molecule has 0 spiro atoms. The molecule has 0 aliphatic carbocycles. The number of imide groups is 1. The van der Waals surface area contributed by atoms with Crippen molar-refractivity contribution in [1.29, 1.82) is 0 Å². The van der Waals surface area contributed by atoms with Crippen LogP contribution in [0.1, 0.15) is 31.2 Å². The summed E-state index contributed by atoms with van der Waals surface area (Å²) in [6, 6.07) is 16.0. The third-order valence-electron chi connectivity index (χ3n) is 5.83. The van der Waals surface area contributed by atoms with Gasteiger partial charge in [-0.1, -0.05) is 18.2 Å². The zero-order chi connectivity index (χ0) is 22.5. The molecular weight excluding hydrogens is 406 g/mol. The van der Waals surface area contributed by atoms with Gasteiger partial charge < -0.3 is 15.0 Å². The number of hydrogen-bond acceptors (Lipinski definition) is 4. The average molecular weight is 434 g/mol. The van der Waals surface area contributed by atoms with Crippen molar-refractivity contribution in [2.75, 3.05) is 20.2 Å². The fourth-order valence-electron chi connectivity index (χ4n) is 4.13. The highest BCUT2D eigenvalue weighted by molar-refractivity contribution is 6.01. The van der Waals surface area contributed by atoms with Crippen LogP contribution in [0.4, 0.5) is 0 Å². The van der Waals surface area contributed by atoms with E-state index in [1.165, 1.54) is 4.90 Å². The summed E-state index contributed by atoms with van der Waals surface area (Å²) in [5.41, 5.74) is 4.19. The van der Waals surface area contributed by atoms with Crippen molar-refractivity contribution < 1.29 is 19.1 Å². The summed E-state index contributed by atoms with van der Waals surface area (Å²) in [6.07, 6.45) is 2.11. The Bertz CT molecular complexity index is 1120. The second kappa shape index (κ2) is 9.68. The highest BCUT2D eigenvalue weighted by atomic mass is 16.5. The first-order valence-corrected chi connectivity index (χ1v) is 10.9. The zero-order valence-electron chi connectivity index (χ0n) is 18.1. The summed E-state index contributed by atoms with van der Waals surface area (Å²) in [5, 5.41) is 4.01. The maximum atomic E-state index is 12.4. The van der Waals surface area contributed by atoms with Crippen molar-refractivity contribution in [2.24, 2.45) is 0 Å². The minimum absolute atomic E-state index is 0.0463. The van der Waals surface area contributed by atoms with Gasteiger partial charge >= 0.3 is 0 Å². The van der Waals surface area contributed by atoms with Gasteiger partial charge in [0.25, 0.3) is 0 Å². The number of methoxy groups -OCH3 is 1. The van der Waals surface area contributed by atoms with Gasteiger partial charge in [-0.25, -0.2) is 0 Å². The Morgan fingerprint density at radius 2 is 1.78 bits per heavy atom. The van der Waals surface area contributed by atoms with E-state index < -0.39 is 0 Å². The highest BCUT2D eigenvalue weighted by Crippen LogP contribution is 2.32. The molecule has 7 nitrogen and oxygen atoms in total. The van der Waals surface area contributed by atoms with E-state index in [-0.39, 0.29) is 17.7 Å². The number of nitrogens with zero attached hydrogens (tertiary/aromatic N) is 1. The Hall–Kier alpha value is -3.61. The third-order valence-corrected chi connectivity index (χ3v) is 5.83. The number of likely N-dealkylation sites (tertiary alicyclic amines) is 1. The lowest BCUT2D eigenvalue weighted by molar-refractivity contribution is -0.138. The summed E-state index contributed by atoms with van der Waals surface area (Å²) in [7, 11) is 1.64. The quantitative estimate of drug-likeness (QED) is 0.400. The first-order valence-electron chi connectivity index (χ1n) is 10.9. The molecule has 1 aliphatic rings. The van der Waals surface area contributed by atoms with Crippen molar-refractivity contribution in [3.8, 4) is 17.0 Å². The SMILES string of the molecule is COc1ccc(-c2[nH]c3ccccc3c2CCC(=O)NCCCN2C(=O)CCC2=O)cc1. The summed E-state index contributed by atoms with van der Waals surface area (Å²) in [6.45, 7) is 0.803. The Kier molecular flexibility index (Phi) is 6.54. The van der Waals surface area contributed by atoms with Crippen LogP contribution in [0.25, 0.3) is 22.2 Å². The first kappa shape index (κ1) is 21.6. The molecule has 7 heteroatoms. The van der Waals surface area contributed by atoms with Gasteiger partial charge in [0, 0.05) is 48.9 Å². The monoisotopic (exact) mass is 433 g/mol. The number of carbonyl (C=O) groups is 3. The Morgan fingerprint density at radius 1 is 1.06 bits per heavy atom. The molecule has 2 N–H and O–H groups in total. The number of benzene rings is 2. The number of para-hydroxylation sites is 1. The van der Waals surface area contributed by atoms with E-state index in [2.05, 4.69) is 16.4 Å². The number of carbonyl (C=O) groups excluding carboxylic acids is 3. The summed E-state index contributed by atoms with van der Waals surface area (Å²) in [5.74, 6) is 0.511. The second-order valence-corrected chi connectivity index (χ2v) is 7.90. The topological polar surface area (TPSA) is 91.5 Å². The van der Waals surface area contributed by atoms with Crippen LogP contribution >= 0.6 is 0 Å². The van der Waals surface area contributed by atoms with Crippen molar-refractivity contribution in [3.05, 3.63) is 54.1 Å². The van der Waals surface area contributed by atoms with Gasteiger partial charge in [0.2, 0.25) is 17.7 Å². The lowest BCUT2D eigenvalue weighted by Crippen LogP contribution is -2.33. The number of H-pyrrole nitrogens is 1. The van der Waals surface area contributed by atoms with Gasteiger partial charge in [0.05, 0.1) is 7.11 Å². The molecule has 3 amide bonds. The summed E-state index contributed by atoms with van der Waals surface area (Å²) in [4.78, 5) is 40.5. The molecule has 1 fully saturated rings. The van der Waals surface area contributed by atoms with Gasteiger partial charge in [0.1, 0.15) is 5.75 Å². The second-order valence-electron chi connectivity index (χ2n) is 7.90. The largest absolute Gasteiger partial charge is 0.497 e. The number of aromatic amines is 1. The highest BCUT2D eigenvalue weighted by Gasteiger charge is 2.27. The molecule has 1 saturated heterocycles. The Balaban J connectivity index is 1.38. The standard InChI is InChI=1S/C25H27N3O4/c1-32-18-9-7-17(8-10-18)25-20(19-5-2-3-6-21(19)27-25)11-12-22(29)26-15-4-16-28-23(30)13-14-24(28)31/h2-3,5-10,27H,4,11-16H2,1H3,(H,26,29). The number of hydrogen-bond donors (Lipinski definition) is 2. The lowest BCUT2D eigenvalue weighted by Gasteiger charge is -2.13. The molecule has 3 aromatic rings. The van der Waals surface area contributed by atoms with Crippen LogP contribution in [0.5, 0.6) is 5.75 Å². The van der Waals surface area contributed by atoms with Crippen LogP contribution in [0.15, 0.2) is 48.5 Å². The van der Waals surface area contributed by atoms with Gasteiger partial charge in [0.15, 0.2) is 0 Å². The average Bonchev–Trinajstić information content (AvgIpc) is 3.35. The molecule has 0 atom stereocenters. The molecule has 2 aromatic carbocycles.